The first-order valence-corrected chi connectivity index (χ1v) is 8.87. The fourth-order valence-corrected chi connectivity index (χ4v) is 3.09. The van der Waals surface area contributed by atoms with Crippen LogP contribution in [0.4, 0.5) is 0 Å². The maximum absolute atomic E-state index is 5.67. The molecule has 2 unspecified atom stereocenters. The minimum atomic E-state index is 0.169. The molecule has 0 amide bonds. The van der Waals surface area contributed by atoms with E-state index in [9.17, 15) is 0 Å². The number of hydrogen-bond donors (Lipinski definition) is 1. The Morgan fingerprint density at radius 2 is 2.32 bits per heavy atom. The summed E-state index contributed by atoms with van der Waals surface area (Å²) < 4.78 is 16.2. The standard InChI is InChI=1S/C18H32N4O3/c1-19-18(20-12-16(21(2)3)17-6-5-9-25-17)22-8-7-15(13-22)14-24-11-10-23-4/h5-6,9,15-16H,7-8,10-14H2,1-4H3,(H,19,20). The van der Waals surface area contributed by atoms with Crippen LogP contribution in [0.25, 0.3) is 0 Å². The highest BCUT2D eigenvalue weighted by atomic mass is 16.5. The first-order chi connectivity index (χ1) is 12.2. The summed E-state index contributed by atoms with van der Waals surface area (Å²) in [5, 5.41) is 3.49. The second-order valence-electron chi connectivity index (χ2n) is 6.59. The second kappa shape index (κ2) is 10.4. The summed E-state index contributed by atoms with van der Waals surface area (Å²) in [6, 6.07) is 4.11. The number of hydrogen-bond acceptors (Lipinski definition) is 5. The molecule has 2 rings (SSSR count). The number of nitrogens with one attached hydrogen (secondary N) is 1. The summed E-state index contributed by atoms with van der Waals surface area (Å²) in [4.78, 5) is 8.90. The minimum absolute atomic E-state index is 0.169. The van der Waals surface area contributed by atoms with Gasteiger partial charge in [0.2, 0.25) is 0 Å². The van der Waals surface area contributed by atoms with E-state index in [4.69, 9.17) is 13.9 Å². The number of guanidine groups is 1. The molecule has 7 heteroatoms. The number of rotatable bonds is 9. The summed E-state index contributed by atoms with van der Waals surface area (Å²) in [7, 11) is 7.64. The molecule has 1 N–H and O–H groups in total. The SMILES string of the molecule is CN=C(NCC(c1ccco1)N(C)C)N1CCC(COCCOC)C1. The van der Waals surface area contributed by atoms with E-state index in [0.717, 1.165) is 44.4 Å². The molecule has 0 radical (unpaired) electrons. The van der Waals surface area contributed by atoms with Gasteiger partial charge < -0.3 is 24.1 Å². The van der Waals surface area contributed by atoms with Crippen molar-refractivity contribution in [3.8, 4) is 0 Å². The van der Waals surface area contributed by atoms with Crippen molar-refractivity contribution < 1.29 is 13.9 Å². The maximum atomic E-state index is 5.67. The van der Waals surface area contributed by atoms with Crippen LogP contribution in [0.3, 0.4) is 0 Å². The molecule has 0 aliphatic carbocycles. The smallest absolute Gasteiger partial charge is 0.193 e. The van der Waals surface area contributed by atoms with Crippen molar-refractivity contribution in [1.29, 1.82) is 0 Å². The first-order valence-electron chi connectivity index (χ1n) is 8.87. The van der Waals surface area contributed by atoms with Crippen molar-refractivity contribution in [1.82, 2.24) is 15.1 Å². The minimum Gasteiger partial charge on any atom is -0.468 e. The molecule has 142 valence electrons. The van der Waals surface area contributed by atoms with Crippen LogP contribution in [0.2, 0.25) is 0 Å². The fourth-order valence-electron chi connectivity index (χ4n) is 3.09. The highest BCUT2D eigenvalue weighted by Crippen LogP contribution is 2.19. The Bertz CT molecular complexity index is 504. The number of nitrogens with zero attached hydrogens (tertiary/aromatic N) is 3. The molecule has 1 aliphatic heterocycles. The quantitative estimate of drug-likeness (QED) is 0.412. The summed E-state index contributed by atoms with van der Waals surface area (Å²) in [5.74, 6) is 2.45. The first kappa shape index (κ1) is 19.8. The molecule has 1 saturated heterocycles. The highest BCUT2D eigenvalue weighted by molar-refractivity contribution is 5.80. The zero-order valence-corrected chi connectivity index (χ0v) is 15.9. The van der Waals surface area contributed by atoms with Crippen LogP contribution in [0.15, 0.2) is 27.8 Å². The lowest BCUT2D eigenvalue weighted by Gasteiger charge is -2.27. The molecule has 0 bridgehead atoms. The summed E-state index contributed by atoms with van der Waals surface area (Å²) in [6.07, 6.45) is 2.85. The number of furan rings is 1. The lowest BCUT2D eigenvalue weighted by Crippen LogP contribution is -2.43. The van der Waals surface area contributed by atoms with Crippen LogP contribution in [0, 0.1) is 5.92 Å². The van der Waals surface area contributed by atoms with Crippen LogP contribution in [0.1, 0.15) is 18.2 Å². The zero-order chi connectivity index (χ0) is 18.1. The van der Waals surface area contributed by atoms with Gasteiger partial charge in [-0.05, 0) is 32.6 Å². The van der Waals surface area contributed by atoms with Crippen molar-refractivity contribution in [3.63, 3.8) is 0 Å². The normalized spacial score (nSPS) is 19.6. The van der Waals surface area contributed by atoms with Crippen LogP contribution < -0.4 is 5.32 Å². The highest BCUT2D eigenvalue weighted by Gasteiger charge is 2.26. The van der Waals surface area contributed by atoms with Gasteiger partial charge in [0.05, 0.1) is 32.1 Å². The average molecular weight is 352 g/mol. The number of aliphatic imine (C=N–C) groups is 1. The molecule has 0 saturated carbocycles. The van der Waals surface area contributed by atoms with Crippen LogP contribution >= 0.6 is 0 Å². The predicted molar refractivity (Wildman–Crippen MR) is 98.9 cm³/mol. The van der Waals surface area contributed by atoms with Gasteiger partial charge in [0.25, 0.3) is 0 Å². The Morgan fingerprint density at radius 3 is 2.96 bits per heavy atom. The molecule has 1 fully saturated rings. The fraction of sp³-hybridized carbons (Fsp3) is 0.722. The average Bonchev–Trinajstić information content (AvgIpc) is 3.27. The summed E-state index contributed by atoms with van der Waals surface area (Å²) in [6.45, 7) is 4.82. The van der Waals surface area contributed by atoms with Crippen LogP contribution in [-0.4, -0.2) is 83.5 Å². The molecule has 1 aliphatic rings. The number of likely N-dealkylation sites (N-methyl/N-ethyl adjacent to an activating group) is 1. The third kappa shape index (κ3) is 6.02. The Kier molecular flexibility index (Phi) is 8.24. The molecule has 2 heterocycles. The Labute approximate surface area is 151 Å². The summed E-state index contributed by atoms with van der Waals surface area (Å²) >= 11 is 0. The predicted octanol–water partition coefficient (Wildman–Crippen LogP) is 1.44. The molecule has 0 aromatic carbocycles. The molecule has 0 spiro atoms. The van der Waals surface area contributed by atoms with Gasteiger partial charge >= 0.3 is 0 Å². The third-order valence-electron chi connectivity index (χ3n) is 4.53. The van der Waals surface area contributed by atoms with E-state index in [2.05, 4.69) is 34.2 Å². The third-order valence-corrected chi connectivity index (χ3v) is 4.53. The van der Waals surface area contributed by atoms with E-state index in [1.54, 1.807) is 13.4 Å². The van der Waals surface area contributed by atoms with Gasteiger partial charge in [-0.1, -0.05) is 0 Å². The van der Waals surface area contributed by atoms with Crippen molar-refractivity contribution >= 4 is 5.96 Å². The van der Waals surface area contributed by atoms with Gasteiger partial charge in [0, 0.05) is 39.7 Å². The van der Waals surface area contributed by atoms with E-state index in [-0.39, 0.29) is 6.04 Å². The van der Waals surface area contributed by atoms with Gasteiger partial charge in [-0.3, -0.25) is 9.89 Å². The molecular formula is C18H32N4O3. The summed E-state index contributed by atoms with van der Waals surface area (Å²) in [5.41, 5.74) is 0. The molecule has 1 aromatic rings. The molecule has 7 nitrogen and oxygen atoms in total. The Morgan fingerprint density at radius 1 is 1.48 bits per heavy atom. The Balaban J connectivity index is 1.80. The van der Waals surface area contributed by atoms with E-state index >= 15 is 0 Å². The maximum Gasteiger partial charge on any atom is 0.193 e. The van der Waals surface area contributed by atoms with E-state index in [1.165, 1.54) is 0 Å². The van der Waals surface area contributed by atoms with Gasteiger partial charge in [-0.15, -0.1) is 0 Å². The van der Waals surface area contributed by atoms with Gasteiger partial charge in [-0.25, -0.2) is 0 Å². The molecule has 1 aromatic heterocycles. The van der Waals surface area contributed by atoms with Crippen molar-refractivity contribution in [2.24, 2.45) is 10.9 Å². The van der Waals surface area contributed by atoms with Crippen molar-refractivity contribution in [3.05, 3.63) is 24.2 Å². The zero-order valence-electron chi connectivity index (χ0n) is 15.9. The molecule has 2 atom stereocenters. The number of methoxy groups -OCH3 is 1. The topological polar surface area (TPSA) is 62.5 Å². The lowest BCUT2D eigenvalue weighted by molar-refractivity contribution is 0.0536. The van der Waals surface area contributed by atoms with E-state index in [1.807, 2.05) is 19.2 Å². The van der Waals surface area contributed by atoms with Crippen LogP contribution in [0.5, 0.6) is 0 Å². The number of likely N-dealkylation sites (tertiary alicyclic amines) is 1. The van der Waals surface area contributed by atoms with Gasteiger partial charge in [0.1, 0.15) is 5.76 Å². The molecule has 25 heavy (non-hydrogen) atoms. The van der Waals surface area contributed by atoms with Gasteiger partial charge in [-0.2, -0.15) is 0 Å². The number of ether oxygens (including phenoxy) is 2. The van der Waals surface area contributed by atoms with Crippen molar-refractivity contribution in [2.45, 2.75) is 12.5 Å². The van der Waals surface area contributed by atoms with Gasteiger partial charge in [0.15, 0.2) is 5.96 Å². The lowest BCUT2D eigenvalue weighted by atomic mass is 10.1. The Hall–Kier alpha value is -1.57. The van der Waals surface area contributed by atoms with Crippen LogP contribution in [-0.2, 0) is 9.47 Å². The molecular weight excluding hydrogens is 320 g/mol. The largest absolute Gasteiger partial charge is 0.468 e. The van der Waals surface area contributed by atoms with E-state index in [0.29, 0.717) is 19.1 Å². The monoisotopic (exact) mass is 352 g/mol. The van der Waals surface area contributed by atoms with E-state index < -0.39 is 0 Å². The van der Waals surface area contributed by atoms with Crippen molar-refractivity contribution in [2.75, 3.05) is 67.7 Å². The second-order valence-corrected chi connectivity index (χ2v) is 6.59.